The maximum absolute atomic E-state index is 11.7. The zero-order chi connectivity index (χ0) is 14.4. The topological polar surface area (TPSA) is 54.0 Å². The van der Waals surface area contributed by atoms with Gasteiger partial charge < -0.3 is 5.32 Å². The Balaban J connectivity index is 2.28. The van der Waals surface area contributed by atoms with Crippen LogP contribution < -0.4 is 10.6 Å². The number of nitrogens with one attached hydrogen (secondary N) is 2. The highest BCUT2D eigenvalue weighted by atomic mass is 16.2. The summed E-state index contributed by atoms with van der Waals surface area (Å²) >= 11 is 0. The van der Waals surface area contributed by atoms with Gasteiger partial charge in [0.2, 0.25) is 5.91 Å². The number of carbonyl (C=O) groups is 1. The fourth-order valence-corrected chi connectivity index (χ4v) is 2.13. The standard InChI is InChI=1S/C16H19N3O/c1-12(16(20)17-2)19-15(13-6-4-3-5-7-13)14-8-10-18-11-9-14/h3-12,15,19H,1-2H3,(H,17,20). The molecule has 2 atom stereocenters. The molecule has 2 rings (SSSR count). The normalized spacial score (nSPS) is 13.5. The van der Waals surface area contributed by atoms with Crippen LogP contribution in [0, 0.1) is 0 Å². The molecule has 2 aromatic rings. The summed E-state index contributed by atoms with van der Waals surface area (Å²) in [6, 6.07) is 13.7. The van der Waals surface area contributed by atoms with Gasteiger partial charge in [-0.1, -0.05) is 30.3 Å². The van der Waals surface area contributed by atoms with Gasteiger partial charge in [-0.05, 0) is 30.2 Å². The molecule has 0 aliphatic heterocycles. The Hall–Kier alpha value is -2.20. The van der Waals surface area contributed by atoms with Crippen LogP contribution in [0.1, 0.15) is 24.1 Å². The van der Waals surface area contributed by atoms with Crippen LogP contribution in [-0.2, 0) is 4.79 Å². The number of likely N-dealkylation sites (N-methyl/N-ethyl adjacent to an activating group) is 1. The van der Waals surface area contributed by atoms with Crippen molar-refractivity contribution in [3.05, 3.63) is 66.0 Å². The van der Waals surface area contributed by atoms with Crippen LogP contribution in [-0.4, -0.2) is 24.0 Å². The average Bonchev–Trinajstić information content (AvgIpc) is 2.53. The summed E-state index contributed by atoms with van der Waals surface area (Å²) in [6.07, 6.45) is 3.52. The molecule has 1 heterocycles. The molecule has 0 aliphatic carbocycles. The Bertz CT molecular complexity index is 503. The second-order valence-electron chi connectivity index (χ2n) is 4.63. The minimum Gasteiger partial charge on any atom is -0.358 e. The van der Waals surface area contributed by atoms with Crippen molar-refractivity contribution in [3.8, 4) is 0 Å². The lowest BCUT2D eigenvalue weighted by atomic mass is 9.99. The quantitative estimate of drug-likeness (QED) is 0.871. The monoisotopic (exact) mass is 269 g/mol. The molecule has 0 bridgehead atoms. The minimum atomic E-state index is -0.279. The minimum absolute atomic E-state index is 0.0278. The smallest absolute Gasteiger partial charge is 0.236 e. The first-order valence-corrected chi connectivity index (χ1v) is 6.65. The zero-order valence-electron chi connectivity index (χ0n) is 11.7. The highest BCUT2D eigenvalue weighted by Crippen LogP contribution is 2.21. The second kappa shape index (κ2) is 6.82. The third-order valence-electron chi connectivity index (χ3n) is 3.23. The van der Waals surface area contributed by atoms with E-state index >= 15 is 0 Å². The lowest BCUT2D eigenvalue weighted by molar-refractivity contribution is -0.122. The summed E-state index contributed by atoms with van der Waals surface area (Å²) in [4.78, 5) is 15.8. The number of pyridine rings is 1. The van der Waals surface area contributed by atoms with Gasteiger partial charge in [0.1, 0.15) is 0 Å². The van der Waals surface area contributed by atoms with Crippen molar-refractivity contribution in [2.24, 2.45) is 0 Å². The van der Waals surface area contributed by atoms with Gasteiger partial charge >= 0.3 is 0 Å². The molecule has 0 radical (unpaired) electrons. The number of carbonyl (C=O) groups excluding carboxylic acids is 1. The van der Waals surface area contributed by atoms with Gasteiger partial charge in [0.05, 0.1) is 12.1 Å². The van der Waals surface area contributed by atoms with Crippen LogP contribution >= 0.6 is 0 Å². The van der Waals surface area contributed by atoms with E-state index in [9.17, 15) is 4.79 Å². The van der Waals surface area contributed by atoms with Crippen LogP contribution in [0.4, 0.5) is 0 Å². The summed E-state index contributed by atoms with van der Waals surface area (Å²) in [7, 11) is 1.64. The van der Waals surface area contributed by atoms with E-state index in [1.165, 1.54) is 0 Å². The van der Waals surface area contributed by atoms with Crippen LogP contribution in [0.15, 0.2) is 54.9 Å². The van der Waals surface area contributed by atoms with Gasteiger partial charge in [-0.15, -0.1) is 0 Å². The number of benzene rings is 1. The van der Waals surface area contributed by atoms with E-state index in [1.807, 2.05) is 37.3 Å². The summed E-state index contributed by atoms with van der Waals surface area (Å²) in [5.41, 5.74) is 2.21. The van der Waals surface area contributed by atoms with E-state index in [1.54, 1.807) is 19.4 Å². The maximum Gasteiger partial charge on any atom is 0.236 e. The summed E-state index contributed by atoms with van der Waals surface area (Å²) in [5.74, 6) is -0.0278. The van der Waals surface area contributed by atoms with Crippen molar-refractivity contribution in [3.63, 3.8) is 0 Å². The molecule has 4 heteroatoms. The van der Waals surface area contributed by atoms with Crippen molar-refractivity contribution in [1.82, 2.24) is 15.6 Å². The Labute approximate surface area is 119 Å². The lowest BCUT2D eigenvalue weighted by Gasteiger charge is -2.23. The van der Waals surface area contributed by atoms with E-state index in [4.69, 9.17) is 0 Å². The Kier molecular flexibility index (Phi) is 4.85. The van der Waals surface area contributed by atoms with Crippen molar-refractivity contribution in [1.29, 1.82) is 0 Å². The van der Waals surface area contributed by atoms with Crippen molar-refractivity contribution < 1.29 is 4.79 Å². The van der Waals surface area contributed by atoms with Gasteiger partial charge in [0.15, 0.2) is 0 Å². The first-order chi connectivity index (χ1) is 9.72. The van der Waals surface area contributed by atoms with E-state index in [2.05, 4.69) is 27.8 Å². The molecular formula is C16H19N3O. The van der Waals surface area contributed by atoms with Crippen molar-refractivity contribution >= 4 is 5.91 Å². The highest BCUT2D eigenvalue weighted by molar-refractivity contribution is 5.81. The van der Waals surface area contributed by atoms with Crippen LogP contribution in [0.2, 0.25) is 0 Å². The highest BCUT2D eigenvalue weighted by Gasteiger charge is 2.19. The molecule has 2 unspecified atom stereocenters. The number of aromatic nitrogens is 1. The number of hydrogen-bond acceptors (Lipinski definition) is 3. The predicted octanol–water partition coefficient (Wildman–Crippen LogP) is 1.90. The first kappa shape index (κ1) is 14.2. The van der Waals surface area contributed by atoms with Crippen molar-refractivity contribution in [2.45, 2.75) is 19.0 Å². The molecular weight excluding hydrogens is 250 g/mol. The van der Waals surface area contributed by atoms with Gasteiger partial charge in [-0.2, -0.15) is 0 Å². The van der Waals surface area contributed by atoms with Gasteiger partial charge in [0, 0.05) is 19.4 Å². The number of nitrogens with zero attached hydrogens (tertiary/aromatic N) is 1. The van der Waals surface area contributed by atoms with E-state index < -0.39 is 0 Å². The third-order valence-corrected chi connectivity index (χ3v) is 3.23. The predicted molar refractivity (Wildman–Crippen MR) is 79.2 cm³/mol. The van der Waals surface area contributed by atoms with Gasteiger partial charge in [-0.25, -0.2) is 0 Å². The first-order valence-electron chi connectivity index (χ1n) is 6.65. The summed E-state index contributed by atoms with van der Waals surface area (Å²) < 4.78 is 0. The Morgan fingerprint density at radius 1 is 1.05 bits per heavy atom. The fraction of sp³-hybridized carbons (Fsp3) is 0.250. The SMILES string of the molecule is CNC(=O)C(C)NC(c1ccccc1)c1ccncc1. The molecule has 1 aromatic heterocycles. The Morgan fingerprint density at radius 3 is 2.25 bits per heavy atom. The van der Waals surface area contributed by atoms with Gasteiger partial charge in [-0.3, -0.25) is 15.1 Å². The molecule has 0 saturated heterocycles. The zero-order valence-corrected chi connectivity index (χ0v) is 11.7. The summed E-state index contributed by atoms with van der Waals surface area (Å²) in [6.45, 7) is 1.86. The van der Waals surface area contributed by atoms with E-state index in [0.29, 0.717) is 0 Å². The van der Waals surface area contributed by atoms with Crippen LogP contribution in [0.5, 0.6) is 0 Å². The number of amides is 1. The van der Waals surface area contributed by atoms with E-state index in [-0.39, 0.29) is 18.0 Å². The Morgan fingerprint density at radius 2 is 1.65 bits per heavy atom. The summed E-state index contributed by atoms with van der Waals surface area (Å²) in [5, 5.41) is 6.02. The lowest BCUT2D eigenvalue weighted by Crippen LogP contribution is -2.42. The maximum atomic E-state index is 11.7. The number of rotatable bonds is 5. The largest absolute Gasteiger partial charge is 0.358 e. The molecule has 0 saturated carbocycles. The molecule has 0 fully saturated rings. The third kappa shape index (κ3) is 3.42. The molecule has 0 spiro atoms. The molecule has 20 heavy (non-hydrogen) atoms. The van der Waals surface area contributed by atoms with Crippen LogP contribution in [0.3, 0.4) is 0 Å². The van der Waals surface area contributed by atoms with E-state index in [0.717, 1.165) is 11.1 Å². The molecule has 1 aromatic carbocycles. The van der Waals surface area contributed by atoms with Crippen molar-refractivity contribution in [2.75, 3.05) is 7.05 Å². The molecule has 104 valence electrons. The number of hydrogen-bond donors (Lipinski definition) is 2. The van der Waals surface area contributed by atoms with Gasteiger partial charge in [0.25, 0.3) is 0 Å². The average molecular weight is 269 g/mol. The molecule has 4 nitrogen and oxygen atoms in total. The van der Waals surface area contributed by atoms with Crippen LogP contribution in [0.25, 0.3) is 0 Å². The molecule has 1 amide bonds. The molecule has 2 N–H and O–H groups in total. The second-order valence-corrected chi connectivity index (χ2v) is 4.63. The fourth-order valence-electron chi connectivity index (χ4n) is 2.13. The molecule has 0 aliphatic rings.